The van der Waals surface area contributed by atoms with Crippen LogP contribution in [0.3, 0.4) is 0 Å². The van der Waals surface area contributed by atoms with Crippen molar-refractivity contribution in [2.75, 3.05) is 5.73 Å². The van der Waals surface area contributed by atoms with Gasteiger partial charge in [0, 0.05) is 5.41 Å². The molecule has 0 bridgehead atoms. The van der Waals surface area contributed by atoms with Crippen molar-refractivity contribution >= 4 is 5.69 Å². The third kappa shape index (κ3) is 2.03. The molecule has 0 aliphatic carbocycles. The molecule has 1 aromatic heterocycles. The Balaban J connectivity index is 2.64. The normalized spacial score (nSPS) is 11.8. The van der Waals surface area contributed by atoms with E-state index in [1.807, 2.05) is 20.8 Å². The Morgan fingerprint density at radius 1 is 1.33 bits per heavy atom. The number of aromatic nitrogens is 2. The Hall–Kier alpha value is -2.04. The highest BCUT2D eigenvalue weighted by Crippen LogP contribution is 2.24. The molecular weight excluding hydrogens is 233 g/mol. The lowest BCUT2D eigenvalue weighted by molar-refractivity contribution is 0.561. The van der Waals surface area contributed by atoms with E-state index in [1.165, 1.54) is 16.8 Å². The van der Waals surface area contributed by atoms with Gasteiger partial charge in [-0.3, -0.25) is 9.89 Å². The van der Waals surface area contributed by atoms with Crippen LogP contribution in [0, 0.1) is 5.82 Å². The van der Waals surface area contributed by atoms with Gasteiger partial charge in [0.15, 0.2) is 0 Å². The maximum absolute atomic E-state index is 13.2. The zero-order valence-electron chi connectivity index (χ0n) is 10.6. The summed E-state index contributed by atoms with van der Waals surface area (Å²) in [6.07, 6.45) is 0. The molecule has 3 N–H and O–H groups in total. The van der Waals surface area contributed by atoms with Crippen molar-refractivity contribution in [1.82, 2.24) is 9.78 Å². The maximum Gasteiger partial charge on any atom is 0.294 e. The molecule has 0 aliphatic heterocycles. The first-order valence-corrected chi connectivity index (χ1v) is 5.67. The summed E-state index contributed by atoms with van der Waals surface area (Å²) >= 11 is 0. The van der Waals surface area contributed by atoms with E-state index in [0.717, 1.165) is 0 Å². The molecule has 0 spiro atoms. The molecule has 0 saturated carbocycles. The fourth-order valence-electron chi connectivity index (χ4n) is 1.82. The number of aromatic amines is 1. The van der Waals surface area contributed by atoms with E-state index < -0.39 is 5.82 Å². The van der Waals surface area contributed by atoms with Crippen LogP contribution in [0.4, 0.5) is 10.1 Å². The quantitative estimate of drug-likeness (QED) is 0.813. The number of H-pyrrole nitrogens is 1. The van der Waals surface area contributed by atoms with Crippen molar-refractivity contribution in [3.63, 3.8) is 0 Å². The standard InChI is InChI=1S/C13H16FN3O/c1-13(2,3)11-10(15)12(18)17(16-11)9-6-4-5-8(14)7-9/h4-7,16H,15H2,1-3H3. The first kappa shape index (κ1) is 12.4. The second kappa shape index (κ2) is 4.01. The van der Waals surface area contributed by atoms with E-state index in [9.17, 15) is 9.18 Å². The summed E-state index contributed by atoms with van der Waals surface area (Å²) in [6, 6.07) is 5.80. The fraction of sp³-hybridized carbons (Fsp3) is 0.308. The molecule has 1 aromatic carbocycles. The molecule has 2 aromatic rings. The van der Waals surface area contributed by atoms with Gasteiger partial charge in [0.1, 0.15) is 11.5 Å². The van der Waals surface area contributed by atoms with Gasteiger partial charge in [-0.1, -0.05) is 26.8 Å². The van der Waals surface area contributed by atoms with Crippen LogP contribution in [-0.2, 0) is 5.41 Å². The zero-order valence-corrected chi connectivity index (χ0v) is 10.6. The second-order valence-corrected chi connectivity index (χ2v) is 5.27. The predicted octanol–water partition coefficient (Wildman–Crippen LogP) is 2.18. The predicted molar refractivity (Wildman–Crippen MR) is 69.5 cm³/mol. The van der Waals surface area contributed by atoms with E-state index in [-0.39, 0.29) is 16.7 Å². The Bertz CT molecular complexity index is 634. The molecular formula is C13H16FN3O. The van der Waals surface area contributed by atoms with Crippen molar-refractivity contribution in [3.05, 3.63) is 46.1 Å². The molecule has 5 heteroatoms. The van der Waals surface area contributed by atoms with Gasteiger partial charge in [0.05, 0.1) is 11.4 Å². The second-order valence-electron chi connectivity index (χ2n) is 5.27. The lowest BCUT2D eigenvalue weighted by Crippen LogP contribution is -2.17. The van der Waals surface area contributed by atoms with Gasteiger partial charge in [-0.2, -0.15) is 0 Å². The molecule has 0 fully saturated rings. The molecule has 0 saturated heterocycles. The smallest absolute Gasteiger partial charge is 0.294 e. The van der Waals surface area contributed by atoms with Gasteiger partial charge >= 0.3 is 0 Å². The molecule has 4 nitrogen and oxygen atoms in total. The highest BCUT2D eigenvalue weighted by Gasteiger charge is 2.23. The molecule has 1 heterocycles. The average molecular weight is 249 g/mol. The summed E-state index contributed by atoms with van der Waals surface area (Å²) in [6.45, 7) is 5.85. The van der Waals surface area contributed by atoms with Crippen LogP contribution in [0.2, 0.25) is 0 Å². The van der Waals surface area contributed by atoms with E-state index in [0.29, 0.717) is 11.4 Å². The number of anilines is 1. The Labute approximate surface area is 104 Å². The molecule has 96 valence electrons. The van der Waals surface area contributed by atoms with Gasteiger partial charge in [-0.15, -0.1) is 0 Å². The highest BCUT2D eigenvalue weighted by atomic mass is 19.1. The fourth-order valence-corrected chi connectivity index (χ4v) is 1.82. The van der Waals surface area contributed by atoms with Crippen LogP contribution in [0.15, 0.2) is 29.1 Å². The van der Waals surface area contributed by atoms with Gasteiger partial charge in [0.25, 0.3) is 5.56 Å². The van der Waals surface area contributed by atoms with Crippen LogP contribution < -0.4 is 11.3 Å². The Kier molecular flexibility index (Phi) is 2.77. The van der Waals surface area contributed by atoms with Gasteiger partial charge in [-0.05, 0) is 18.2 Å². The van der Waals surface area contributed by atoms with E-state index >= 15 is 0 Å². The monoisotopic (exact) mass is 249 g/mol. The van der Waals surface area contributed by atoms with Crippen molar-refractivity contribution in [1.29, 1.82) is 0 Å². The Morgan fingerprint density at radius 2 is 2.00 bits per heavy atom. The third-order valence-corrected chi connectivity index (χ3v) is 2.74. The average Bonchev–Trinajstić information content (AvgIpc) is 2.55. The summed E-state index contributed by atoms with van der Waals surface area (Å²) in [7, 11) is 0. The van der Waals surface area contributed by atoms with Gasteiger partial charge < -0.3 is 5.73 Å². The van der Waals surface area contributed by atoms with Gasteiger partial charge in [0.2, 0.25) is 0 Å². The first-order valence-electron chi connectivity index (χ1n) is 5.67. The minimum atomic E-state index is -0.398. The maximum atomic E-state index is 13.2. The molecule has 0 atom stereocenters. The number of nitrogen functional groups attached to an aromatic ring is 1. The number of halogens is 1. The molecule has 2 rings (SSSR count). The summed E-state index contributed by atoms with van der Waals surface area (Å²) in [4.78, 5) is 12.0. The van der Waals surface area contributed by atoms with Crippen molar-refractivity contribution in [3.8, 4) is 5.69 Å². The summed E-state index contributed by atoms with van der Waals surface area (Å²) in [5.41, 5.74) is 6.43. The van der Waals surface area contributed by atoms with Crippen molar-refractivity contribution in [2.45, 2.75) is 26.2 Å². The van der Waals surface area contributed by atoms with Crippen LogP contribution >= 0.6 is 0 Å². The van der Waals surface area contributed by atoms with Gasteiger partial charge in [-0.25, -0.2) is 9.07 Å². The number of hydrogen-bond donors (Lipinski definition) is 2. The molecule has 18 heavy (non-hydrogen) atoms. The largest absolute Gasteiger partial charge is 0.393 e. The van der Waals surface area contributed by atoms with Crippen LogP contribution in [0.25, 0.3) is 5.69 Å². The SMILES string of the molecule is CC(C)(C)c1[nH]n(-c2cccc(F)c2)c(=O)c1N. The van der Waals surface area contributed by atoms with E-state index in [1.54, 1.807) is 12.1 Å². The first-order chi connectivity index (χ1) is 8.30. The van der Waals surface area contributed by atoms with Crippen LogP contribution in [0.1, 0.15) is 26.5 Å². The molecule has 0 aliphatic rings. The summed E-state index contributed by atoms with van der Waals surface area (Å²) in [5, 5.41) is 2.95. The van der Waals surface area contributed by atoms with Crippen molar-refractivity contribution < 1.29 is 4.39 Å². The van der Waals surface area contributed by atoms with Crippen LogP contribution in [-0.4, -0.2) is 9.78 Å². The van der Waals surface area contributed by atoms with E-state index in [4.69, 9.17) is 5.73 Å². The lowest BCUT2D eigenvalue weighted by atomic mass is 9.91. The zero-order chi connectivity index (χ0) is 13.5. The number of nitrogens with two attached hydrogens (primary N) is 1. The van der Waals surface area contributed by atoms with E-state index in [2.05, 4.69) is 5.10 Å². The number of nitrogens with zero attached hydrogens (tertiary/aromatic N) is 1. The topological polar surface area (TPSA) is 63.8 Å². The Morgan fingerprint density at radius 3 is 2.50 bits per heavy atom. The summed E-state index contributed by atoms with van der Waals surface area (Å²) in [5.74, 6) is -0.398. The minimum Gasteiger partial charge on any atom is -0.393 e. The molecule has 0 amide bonds. The molecule has 0 radical (unpaired) electrons. The molecule has 0 unspecified atom stereocenters. The van der Waals surface area contributed by atoms with Crippen molar-refractivity contribution in [2.24, 2.45) is 0 Å². The number of nitrogens with one attached hydrogen (secondary N) is 1. The number of rotatable bonds is 1. The highest BCUT2D eigenvalue weighted by molar-refractivity contribution is 5.47. The lowest BCUT2D eigenvalue weighted by Gasteiger charge is -2.16. The minimum absolute atomic E-state index is 0.173. The van der Waals surface area contributed by atoms with Crippen LogP contribution in [0.5, 0.6) is 0 Å². The summed E-state index contributed by atoms with van der Waals surface area (Å²) < 4.78 is 14.4. The number of benzene rings is 1. The number of hydrogen-bond acceptors (Lipinski definition) is 2. The third-order valence-electron chi connectivity index (χ3n) is 2.74.